The van der Waals surface area contributed by atoms with Crippen LogP contribution in [0, 0.1) is 6.92 Å². The lowest BCUT2D eigenvalue weighted by Crippen LogP contribution is -2.03. The van der Waals surface area contributed by atoms with Crippen molar-refractivity contribution in [2.45, 2.75) is 20.4 Å². The van der Waals surface area contributed by atoms with Crippen LogP contribution in [0.15, 0.2) is 18.5 Å². The predicted octanol–water partition coefficient (Wildman–Crippen LogP) is 2.29. The minimum absolute atomic E-state index is 0.745. The first-order chi connectivity index (χ1) is 8.71. The molecule has 1 heterocycles. The second kappa shape index (κ2) is 5.08. The minimum Gasteiger partial charge on any atom is -0.496 e. The van der Waals surface area contributed by atoms with Crippen LogP contribution in [0.5, 0.6) is 11.5 Å². The summed E-state index contributed by atoms with van der Waals surface area (Å²) in [6.07, 6.45) is 1.54. The number of aryl methyl sites for hydroxylation is 2. The van der Waals surface area contributed by atoms with Crippen LogP contribution in [-0.4, -0.2) is 29.0 Å². The quantitative estimate of drug-likeness (QED) is 0.831. The van der Waals surface area contributed by atoms with Crippen molar-refractivity contribution in [1.82, 2.24) is 14.8 Å². The summed E-state index contributed by atoms with van der Waals surface area (Å²) in [5.74, 6) is 2.25. The van der Waals surface area contributed by atoms with E-state index in [9.17, 15) is 0 Å². The van der Waals surface area contributed by atoms with Gasteiger partial charge in [0.15, 0.2) is 5.82 Å². The molecule has 0 amide bonds. The molecule has 0 aliphatic rings. The molecule has 0 saturated heterocycles. The Hall–Kier alpha value is -2.04. The maximum Gasteiger partial charge on any atom is 0.165 e. The zero-order chi connectivity index (χ0) is 13.1. The molecular formula is C13H17N3O2. The van der Waals surface area contributed by atoms with Crippen molar-refractivity contribution in [2.75, 3.05) is 14.2 Å². The Morgan fingerprint density at radius 1 is 1.17 bits per heavy atom. The summed E-state index contributed by atoms with van der Waals surface area (Å²) in [4.78, 5) is 4.30. The molecule has 0 unspecified atom stereocenters. The van der Waals surface area contributed by atoms with E-state index >= 15 is 0 Å². The highest BCUT2D eigenvalue weighted by Gasteiger charge is 2.18. The third-order valence-electron chi connectivity index (χ3n) is 2.79. The minimum atomic E-state index is 0.745. The monoisotopic (exact) mass is 247 g/mol. The summed E-state index contributed by atoms with van der Waals surface area (Å²) in [6, 6.07) is 3.93. The van der Waals surface area contributed by atoms with Gasteiger partial charge in [-0.15, -0.1) is 0 Å². The molecule has 96 valence electrons. The zero-order valence-corrected chi connectivity index (χ0v) is 11.1. The third-order valence-corrected chi connectivity index (χ3v) is 2.79. The number of hydrogen-bond donors (Lipinski definition) is 0. The number of ether oxygens (including phenoxy) is 2. The van der Waals surface area contributed by atoms with Gasteiger partial charge in [0.1, 0.15) is 23.4 Å². The molecule has 0 saturated carbocycles. The van der Waals surface area contributed by atoms with Crippen molar-refractivity contribution in [3.05, 3.63) is 24.0 Å². The van der Waals surface area contributed by atoms with Gasteiger partial charge >= 0.3 is 0 Å². The van der Waals surface area contributed by atoms with Gasteiger partial charge in [0.05, 0.1) is 14.2 Å². The van der Waals surface area contributed by atoms with Crippen LogP contribution in [-0.2, 0) is 6.54 Å². The van der Waals surface area contributed by atoms with Crippen LogP contribution >= 0.6 is 0 Å². The fourth-order valence-corrected chi connectivity index (χ4v) is 1.95. The molecule has 2 aromatic rings. The second-order valence-electron chi connectivity index (χ2n) is 3.94. The topological polar surface area (TPSA) is 49.2 Å². The van der Waals surface area contributed by atoms with E-state index in [4.69, 9.17) is 9.47 Å². The van der Waals surface area contributed by atoms with Gasteiger partial charge in [-0.25, -0.2) is 9.67 Å². The van der Waals surface area contributed by atoms with E-state index in [0.717, 1.165) is 35.0 Å². The van der Waals surface area contributed by atoms with E-state index < -0.39 is 0 Å². The molecule has 1 aromatic carbocycles. The molecule has 18 heavy (non-hydrogen) atoms. The van der Waals surface area contributed by atoms with E-state index in [0.29, 0.717) is 0 Å². The maximum atomic E-state index is 5.43. The van der Waals surface area contributed by atoms with Crippen LogP contribution in [0.25, 0.3) is 11.4 Å². The second-order valence-corrected chi connectivity index (χ2v) is 3.94. The maximum absolute atomic E-state index is 5.43. The molecule has 0 spiro atoms. The normalized spacial score (nSPS) is 10.4. The van der Waals surface area contributed by atoms with Gasteiger partial charge in [0.2, 0.25) is 0 Å². The molecule has 0 N–H and O–H groups in total. The van der Waals surface area contributed by atoms with E-state index in [2.05, 4.69) is 10.1 Å². The Labute approximate surface area is 106 Å². The molecule has 5 heteroatoms. The van der Waals surface area contributed by atoms with Crippen molar-refractivity contribution in [3.63, 3.8) is 0 Å². The van der Waals surface area contributed by atoms with Crippen molar-refractivity contribution in [3.8, 4) is 22.9 Å². The van der Waals surface area contributed by atoms with Gasteiger partial charge in [0.25, 0.3) is 0 Å². The standard InChI is InChI=1S/C13H17N3O2/c1-5-16-13(14-8-15-16)12-10(17-3)6-9(2)7-11(12)18-4/h6-8H,5H2,1-4H3. The highest BCUT2D eigenvalue weighted by Crippen LogP contribution is 2.38. The molecule has 2 rings (SSSR count). The van der Waals surface area contributed by atoms with Gasteiger partial charge < -0.3 is 9.47 Å². The molecule has 0 atom stereocenters. The summed E-state index contributed by atoms with van der Waals surface area (Å²) in [7, 11) is 3.29. The molecule has 0 bridgehead atoms. The van der Waals surface area contributed by atoms with Crippen molar-refractivity contribution in [2.24, 2.45) is 0 Å². The van der Waals surface area contributed by atoms with Crippen LogP contribution in [0.3, 0.4) is 0 Å². The summed E-state index contributed by atoms with van der Waals surface area (Å²) >= 11 is 0. The number of nitrogens with zero attached hydrogens (tertiary/aromatic N) is 3. The highest BCUT2D eigenvalue weighted by atomic mass is 16.5. The third kappa shape index (κ3) is 2.03. The molecular weight excluding hydrogens is 230 g/mol. The number of hydrogen-bond acceptors (Lipinski definition) is 4. The molecule has 0 fully saturated rings. The van der Waals surface area contributed by atoms with Gasteiger partial charge in [0, 0.05) is 6.54 Å². The lowest BCUT2D eigenvalue weighted by molar-refractivity contribution is 0.395. The van der Waals surface area contributed by atoms with Gasteiger partial charge in [-0.2, -0.15) is 5.10 Å². The molecule has 1 aromatic heterocycles. The predicted molar refractivity (Wildman–Crippen MR) is 69.0 cm³/mol. The number of methoxy groups -OCH3 is 2. The Morgan fingerprint density at radius 3 is 2.28 bits per heavy atom. The smallest absolute Gasteiger partial charge is 0.165 e. The molecule has 0 aliphatic heterocycles. The number of aromatic nitrogens is 3. The van der Waals surface area contributed by atoms with Gasteiger partial charge in [-0.05, 0) is 31.5 Å². The summed E-state index contributed by atoms with van der Waals surface area (Å²) in [5, 5.41) is 4.18. The Bertz CT molecular complexity index is 524. The largest absolute Gasteiger partial charge is 0.496 e. The van der Waals surface area contributed by atoms with Gasteiger partial charge in [-0.1, -0.05) is 0 Å². The van der Waals surface area contributed by atoms with E-state index in [1.165, 1.54) is 6.33 Å². The van der Waals surface area contributed by atoms with Gasteiger partial charge in [-0.3, -0.25) is 0 Å². The van der Waals surface area contributed by atoms with Crippen LogP contribution in [0.2, 0.25) is 0 Å². The first-order valence-electron chi connectivity index (χ1n) is 5.82. The summed E-state index contributed by atoms with van der Waals surface area (Å²) in [6.45, 7) is 4.76. The van der Waals surface area contributed by atoms with Crippen molar-refractivity contribution >= 4 is 0 Å². The summed E-state index contributed by atoms with van der Waals surface area (Å²) in [5.41, 5.74) is 1.92. The number of benzene rings is 1. The fraction of sp³-hybridized carbons (Fsp3) is 0.385. The lowest BCUT2D eigenvalue weighted by atomic mass is 10.1. The Morgan fingerprint density at radius 2 is 1.78 bits per heavy atom. The van der Waals surface area contributed by atoms with Crippen molar-refractivity contribution < 1.29 is 9.47 Å². The summed E-state index contributed by atoms with van der Waals surface area (Å²) < 4.78 is 12.7. The molecule has 0 radical (unpaired) electrons. The first-order valence-corrected chi connectivity index (χ1v) is 5.82. The molecule has 0 aliphatic carbocycles. The van der Waals surface area contributed by atoms with Crippen LogP contribution in [0.1, 0.15) is 12.5 Å². The fourth-order valence-electron chi connectivity index (χ4n) is 1.95. The van der Waals surface area contributed by atoms with E-state index in [1.807, 2.05) is 30.7 Å². The highest BCUT2D eigenvalue weighted by molar-refractivity contribution is 5.72. The van der Waals surface area contributed by atoms with Crippen LogP contribution < -0.4 is 9.47 Å². The number of rotatable bonds is 4. The first kappa shape index (κ1) is 12.4. The lowest BCUT2D eigenvalue weighted by Gasteiger charge is -2.14. The Kier molecular flexibility index (Phi) is 3.50. The Balaban J connectivity index is 2.68. The average molecular weight is 247 g/mol. The zero-order valence-electron chi connectivity index (χ0n) is 11.1. The van der Waals surface area contributed by atoms with Crippen LogP contribution in [0.4, 0.5) is 0 Å². The van der Waals surface area contributed by atoms with E-state index in [1.54, 1.807) is 14.2 Å². The SMILES string of the molecule is CCn1ncnc1-c1c(OC)cc(C)cc1OC. The van der Waals surface area contributed by atoms with E-state index in [-0.39, 0.29) is 0 Å². The molecule has 5 nitrogen and oxygen atoms in total. The average Bonchev–Trinajstić information content (AvgIpc) is 2.85. The van der Waals surface area contributed by atoms with Crippen molar-refractivity contribution in [1.29, 1.82) is 0 Å².